The summed E-state index contributed by atoms with van der Waals surface area (Å²) in [4.78, 5) is 4.06. The first-order chi connectivity index (χ1) is 7.78. The Bertz CT molecular complexity index is 507. The Kier molecular flexibility index (Phi) is 3.03. The first-order valence-electron chi connectivity index (χ1n) is 4.89. The van der Waals surface area contributed by atoms with Gasteiger partial charge in [-0.15, -0.1) is 0 Å². The van der Waals surface area contributed by atoms with E-state index in [1.807, 2.05) is 13.0 Å². The van der Waals surface area contributed by atoms with E-state index in [1.54, 1.807) is 18.3 Å². The molecule has 5 heteroatoms. The highest BCUT2D eigenvalue weighted by molar-refractivity contribution is 5.18. The van der Waals surface area contributed by atoms with Gasteiger partial charge in [-0.05, 0) is 19.1 Å². The maximum atomic E-state index is 8.57. The Hall–Kier alpha value is -2.06. The number of aryl methyl sites for hydroxylation is 1. The summed E-state index contributed by atoms with van der Waals surface area (Å²) in [6.07, 6.45) is 1.68. The third-order valence-electron chi connectivity index (χ3n) is 2.02. The topological polar surface area (TPSA) is 75.0 Å². The number of furan rings is 1. The number of hydrogen-bond acceptors (Lipinski definition) is 5. The van der Waals surface area contributed by atoms with Crippen molar-refractivity contribution in [2.45, 2.75) is 20.0 Å². The van der Waals surface area contributed by atoms with Gasteiger partial charge in [0.15, 0.2) is 0 Å². The van der Waals surface area contributed by atoms with Gasteiger partial charge in [0.2, 0.25) is 11.7 Å². The van der Waals surface area contributed by atoms with Crippen LogP contribution in [0.25, 0.3) is 0 Å². The number of aromatic nitrogens is 1. The molecule has 2 rings (SSSR count). The van der Waals surface area contributed by atoms with Crippen molar-refractivity contribution >= 4 is 0 Å². The maximum absolute atomic E-state index is 8.57. The number of nitrogens with one attached hydrogen (secondary N) is 1. The Balaban J connectivity index is 1.82. The lowest BCUT2D eigenvalue weighted by Crippen LogP contribution is -2.12. The molecule has 0 aromatic carbocycles. The quantitative estimate of drug-likeness (QED) is 0.844. The van der Waals surface area contributed by atoms with Crippen molar-refractivity contribution in [1.29, 1.82) is 5.26 Å². The van der Waals surface area contributed by atoms with Gasteiger partial charge in [0, 0.05) is 0 Å². The summed E-state index contributed by atoms with van der Waals surface area (Å²) < 4.78 is 10.5. The van der Waals surface area contributed by atoms with Crippen molar-refractivity contribution < 1.29 is 8.83 Å². The van der Waals surface area contributed by atoms with Gasteiger partial charge < -0.3 is 14.2 Å². The number of nitrogens with zero attached hydrogens (tertiary/aromatic N) is 2. The van der Waals surface area contributed by atoms with Crippen LogP contribution in [0.5, 0.6) is 0 Å². The molecule has 0 unspecified atom stereocenters. The molecule has 0 bridgehead atoms. The van der Waals surface area contributed by atoms with Gasteiger partial charge in [0.25, 0.3) is 0 Å². The van der Waals surface area contributed by atoms with Crippen LogP contribution in [-0.4, -0.2) is 4.98 Å². The van der Waals surface area contributed by atoms with Crippen LogP contribution < -0.4 is 5.32 Å². The van der Waals surface area contributed by atoms with E-state index in [-0.39, 0.29) is 0 Å². The number of rotatable bonds is 4. The highest BCUT2D eigenvalue weighted by atomic mass is 16.4. The van der Waals surface area contributed by atoms with E-state index in [2.05, 4.69) is 10.3 Å². The SMILES string of the molecule is Cc1cnc(CNCc2ccc(C#N)o2)o1. The van der Waals surface area contributed by atoms with Crippen molar-refractivity contribution in [3.8, 4) is 6.07 Å². The van der Waals surface area contributed by atoms with E-state index in [4.69, 9.17) is 14.1 Å². The van der Waals surface area contributed by atoms with Crippen LogP contribution in [0, 0.1) is 18.3 Å². The van der Waals surface area contributed by atoms with E-state index in [0.29, 0.717) is 24.7 Å². The van der Waals surface area contributed by atoms with Crippen LogP contribution in [0.4, 0.5) is 0 Å². The first-order valence-corrected chi connectivity index (χ1v) is 4.89. The van der Waals surface area contributed by atoms with Gasteiger partial charge in [-0.3, -0.25) is 0 Å². The van der Waals surface area contributed by atoms with E-state index in [9.17, 15) is 0 Å². The molecule has 2 heterocycles. The summed E-state index contributed by atoms with van der Waals surface area (Å²) >= 11 is 0. The summed E-state index contributed by atoms with van der Waals surface area (Å²) in [7, 11) is 0. The molecule has 0 aliphatic carbocycles. The fourth-order valence-corrected chi connectivity index (χ4v) is 1.31. The molecule has 5 nitrogen and oxygen atoms in total. The Labute approximate surface area is 92.7 Å². The monoisotopic (exact) mass is 217 g/mol. The van der Waals surface area contributed by atoms with Gasteiger partial charge in [-0.2, -0.15) is 5.26 Å². The highest BCUT2D eigenvalue weighted by Crippen LogP contribution is 2.06. The van der Waals surface area contributed by atoms with Crippen molar-refractivity contribution in [2.24, 2.45) is 0 Å². The van der Waals surface area contributed by atoms with E-state index < -0.39 is 0 Å². The normalized spacial score (nSPS) is 10.2. The van der Waals surface area contributed by atoms with Crippen LogP contribution in [0.2, 0.25) is 0 Å². The van der Waals surface area contributed by atoms with Crippen molar-refractivity contribution in [2.75, 3.05) is 0 Å². The van der Waals surface area contributed by atoms with Gasteiger partial charge in [-0.1, -0.05) is 0 Å². The molecule has 1 N–H and O–H groups in total. The van der Waals surface area contributed by atoms with Gasteiger partial charge in [0.05, 0.1) is 19.3 Å². The third kappa shape index (κ3) is 2.49. The van der Waals surface area contributed by atoms with Gasteiger partial charge >= 0.3 is 0 Å². The lowest BCUT2D eigenvalue weighted by molar-refractivity contribution is 0.428. The molecule has 0 aliphatic heterocycles. The first kappa shape index (κ1) is 10.5. The number of nitriles is 1. The standard InChI is InChI=1S/C11H11N3O2/c1-8-5-14-11(15-8)7-13-6-10-3-2-9(4-12)16-10/h2-3,5,13H,6-7H2,1H3. The summed E-state index contributed by atoms with van der Waals surface area (Å²) in [6, 6.07) is 5.35. The van der Waals surface area contributed by atoms with Crippen molar-refractivity contribution in [1.82, 2.24) is 10.3 Å². The largest absolute Gasteiger partial charge is 0.449 e. The Morgan fingerprint density at radius 2 is 2.25 bits per heavy atom. The van der Waals surface area contributed by atoms with E-state index in [0.717, 1.165) is 11.5 Å². The van der Waals surface area contributed by atoms with E-state index in [1.165, 1.54) is 0 Å². The maximum Gasteiger partial charge on any atom is 0.208 e. The third-order valence-corrected chi connectivity index (χ3v) is 2.02. The molecule has 2 aromatic heterocycles. The van der Waals surface area contributed by atoms with Crippen LogP contribution >= 0.6 is 0 Å². The summed E-state index contributed by atoms with van der Waals surface area (Å²) in [5.41, 5.74) is 0. The molecule has 0 saturated carbocycles. The number of hydrogen-bond donors (Lipinski definition) is 1. The minimum atomic E-state index is 0.323. The molecule has 2 aromatic rings. The minimum absolute atomic E-state index is 0.323. The fraction of sp³-hybridized carbons (Fsp3) is 0.273. The van der Waals surface area contributed by atoms with Crippen LogP contribution in [0.1, 0.15) is 23.2 Å². The second kappa shape index (κ2) is 4.64. The molecule has 82 valence electrons. The van der Waals surface area contributed by atoms with Crippen molar-refractivity contribution in [3.63, 3.8) is 0 Å². The van der Waals surface area contributed by atoms with Crippen LogP contribution in [0.3, 0.4) is 0 Å². The highest BCUT2D eigenvalue weighted by Gasteiger charge is 2.02. The lowest BCUT2D eigenvalue weighted by Gasteiger charge is -1.98. The van der Waals surface area contributed by atoms with Gasteiger partial charge in [-0.25, -0.2) is 4.98 Å². The molecule has 16 heavy (non-hydrogen) atoms. The van der Waals surface area contributed by atoms with Crippen molar-refractivity contribution in [3.05, 3.63) is 41.5 Å². The summed E-state index contributed by atoms with van der Waals surface area (Å²) in [6.45, 7) is 2.93. The smallest absolute Gasteiger partial charge is 0.208 e. The molecule has 0 atom stereocenters. The average molecular weight is 217 g/mol. The second-order valence-corrected chi connectivity index (χ2v) is 3.35. The molecule has 0 radical (unpaired) electrons. The number of oxazole rings is 1. The summed E-state index contributed by atoms with van der Waals surface area (Å²) in [5, 5.41) is 11.7. The minimum Gasteiger partial charge on any atom is -0.449 e. The molecule has 0 fully saturated rings. The van der Waals surface area contributed by atoms with Crippen LogP contribution in [0.15, 0.2) is 27.2 Å². The summed E-state index contributed by atoms with van der Waals surface area (Å²) in [5.74, 6) is 2.48. The molecule has 0 aliphatic rings. The molecule has 0 amide bonds. The van der Waals surface area contributed by atoms with Crippen LogP contribution in [-0.2, 0) is 13.1 Å². The Morgan fingerprint density at radius 1 is 1.38 bits per heavy atom. The van der Waals surface area contributed by atoms with Gasteiger partial charge in [0.1, 0.15) is 17.6 Å². The zero-order chi connectivity index (χ0) is 11.4. The molecular weight excluding hydrogens is 206 g/mol. The fourth-order valence-electron chi connectivity index (χ4n) is 1.31. The second-order valence-electron chi connectivity index (χ2n) is 3.35. The zero-order valence-electron chi connectivity index (χ0n) is 8.86. The molecule has 0 saturated heterocycles. The predicted molar refractivity (Wildman–Crippen MR) is 55.2 cm³/mol. The Morgan fingerprint density at radius 3 is 2.88 bits per heavy atom. The average Bonchev–Trinajstić information content (AvgIpc) is 2.88. The van der Waals surface area contributed by atoms with E-state index >= 15 is 0 Å². The predicted octanol–water partition coefficient (Wildman–Crippen LogP) is 1.74. The lowest BCUT2D eigenvalue weighted by atomic mass is 10.4. The molecular formula is C11H11N3O2. The zero-order valence-corrected chi connectivity index (χ0v) is 8.86. The molecule has 0 spiro atoms.